The second-order valence-corrected chi connectivity index (χ2v) is 3.55. The predicted octanol–water partition coefficient (Wildman–Crippen LogP) is 2.05. The third kappa shape index (κ3) is 3.33. The minimum atomic E-state index is -0.219. The molecule has 0 amide bonds. The van der Waals surface area contributed by atoms with Gasteiger partial charge in [-0.1, -0.05) is 12.2 Å². The molecule has 0 aliphatic carbocycles. The number of ether oxygens (including phenoxy) is 1. The third-order valence-corrected chi connectivity index (χ3v) is 2.31. The van der Waals surface area contributed by atoms with Gasteiger partial charge in [0, 0.05) is 0 Å². The summed E-state index contributed by atoms with van der Waals surface area (Å²) in [5, 5.41) is 9.55. The van der Waals surface area contributed by atoms with Crippen molar-refractivity contribution in [2.45, 2.75) is 44.0 Å². The summed E-state index contributed by atoms with van der Waals surface area (Å²) in [6.07, 6.45) is 6.87. The van der Waals surface area contributed by atoms with Crippen molar-refractivity contribution in [1.29, 1.82) is 0 Å². The molecule has 0 bridgehead atoms. The summed E-state index contributed by atoms with van der Waals surface area (Å²) >= 11 is 0. The molecule has 0 aromatic heterocycles. The van der Waals surface area contributed by atoms with Crippen LogP contribution in [0.1, 0.15) is 25.7 Å². The van der Waals surface area contributed by atoms with E-state index in [1.807, 2.05) is 12.2 Å². The molecule has 2 nitrogen and oxygen atoms in total. The standard InChI is InChI=1S/C11H18O2/c1-3-5-10-7-9(12)8-11(13-10)6-4-2/h3-4,9-12H,1-2,5-8H2/t9?,10-,11+. The molecular formula is C11H18O2. The molecule has 1 aliphatic rings. The van der Waals surface area contributed by atoms with Gasteiger partial charge in [-0.05, 0) is 25.7 Å². The maximum Gasteiger partial charge on any atom is 0.0638 e. The van der Waals surface area contributed by atoms with Crippen LogP contribution in [-0.2, 0) is 4.74 Å². The van der Waals surface area contributed by atoms with Crippen molar-refractivity contribution in [1.82, 2.24) is 0 Å². The first kappa shape index (κ1) is 10.5. The van der Waals surface area contributed by atoms with Crippen LogP contribution in [0.25, 0.3) is 0 Å². The van der Waals surface area contributed by atoms with Crippen LogP contribution >= 0.6 is 0 Å². The third-order valence-electron chi connectivity index (χ3n) is 2.31. The van der Waals surface area contributed by atoms with E-state index in [2.05, 4.69) is 13.2 Å². The summed E-state index contributed by atoms with van der Waals surface area (Å²) in [6, 6.07) is 0. The van der Waals surface area contributed by atoms with Crippen LogP contribution in [0.15, 0.2) is 25.3 Å². The van der Waals surface area contributed by atoms with Gasteiger partial charge < -0.3 is 9.84 Å². The lowest BCUT2D eigenvalue weighted by Gasteiger charge is -2.32. The summed E-state index contributed by atoms with van der Waals surface area (Å²) in [4.78, 5) is 0. The zero-order valence-corrected chi connectivity index (χ0v) is 7.98. The summed E-state index contributed by atoms with van der Waals surface area (Å²) in [5.41, 5.74) is 0. The molecule has 0 aromatic carbocycles. The zero-order valence-electron chi connectivity index (χ0n) is 7.98. The molecule has 13 heavy (non-hydrogen) atoms. The molecule has 1 saturated heterocycles. The minimum absolute atomic E-state index is 0.145. The van der Waals surface area contributed by atoms with Crippen LogP contribution in [0.5, 0.6) is 0 Å². The van der Waals surface area contributed by atoms with Crippen LogP contribution in [0.4, 0.5) is 0 Å². The minimum Gasteiger partial charge on any atom is -0.393 e. The number of rotatable bonds is 4. The highest BCUT2D eigenvalue weighted by Gasteiger charge is 2.26. The lowest BCUT2D eigenvalue weighted by Crippen LogP contribution is -2.35. The molecule has 0 aromatic rings. The van der Waals surface area contributed by atoms with Gasteiger partial charge in [-0.2, -0.15) is 0 Å². The van der Waals surface area contributed by atoms with Gasteiger partial charge in [-0.25, -0.2) is 0 Å². The Balaban J connectivity index is 2.41. The van der Waals surface area contributed by atoms with E-state index in [1.165, 1.54) is 0 Å². The molecule has 1 rings (SSSR count). The van der Waals surface area contributed by atoms with Gasteiger partial charge in [-0.15, -0.1) is 13.2 Å². The SMILES string of the molecule is C=CC[C@@H]1CC(O)C[C@H](CC=C)O1. The van der Waals surface area contributed by atoms with Crippen LogP contribution in [0.2, 0.25) is 0 Å². The largest absolute Gasteiger partial charge is 0.393 e. The molecule has 1 unspecified atom stereocenters. The highest BCUT2D eigenvalue weighted by atomic mass is 16.5. The second kappa shape index (κ2) is 5.20. The van der Waals surface area contributed by atoms with Crippen LogP contribution < -0.4 is 0 Å². The fourth-order valence-corrected chi connectivity index (χ4v) is 1.76. The molecule has 74 valence electrons. The van der Waals surface area contributed by atoms with Gasteiger partial charge in [0.25, 0.3) is 0 Å². The Kier molecular flexibility index (Phi) is 4.19. The first-order valence-electron chi connectivity index (χ1n) is 4.81. The maximum atomic E-state index is 9.55. The molecule has 0 spiro atoms. The fraction of sp³-hybridized carbons (Fsp3) is 0.636. The molecule has 1 fully saturated rings. The van der Waals surface area contributed by atoms with E-state index in [4.69, 9.17) is 4.74 Å². The number of hydrogen-bond donors (Lipinski definition) is 1. The van der Waals surface area contributed by atoms with E-state index in [1.54, 1.807) is 0 Å². The van der Waals surface area contributed by atoms with Gasteiger partial charge in [-0.3, -0.25) is 0 Å². The average Bonchev–Trinajstić information content (AvgIpc) is 2.04. The van der Waals surface area contributed by atoms with E-state index in [0.717, 1.165) is 25.7 Å². The summed E-state index contributed by atoms with van der Waals surface area (Å²) in [6.45, 7) is 7.34. The summed E-state index contributed by atoms with van der Waals surface area (Å²) in [7, 11) is 0. The molecule has 1 N–H and O–H groups in total. The van der Waals surface area contributed by atoms with E-state index in [-0.39, 0.29) is 18.3 Å². The summed E-state index contributed by atoms with van der Waals surface area (Å²) < 4.78 is 5.74. The van der Waals surface area contributed by atoms with E-state index >= 15 is 0 Å². The summed E-state index contributed by atoms with van der Waals surface area (Å²) in [5.74, 6) is 0. The second-order valence-electron chi connectivity index (χ2n) is 3.55. The van der Waals surface area contributed by atoms with Crippen molar-refractivity contribution in [3.05, 3.63) is 25.3 Å². The van der Waals surface area contributed by atoms with Gasteiger partial charge >= 0.3 is 0 Å². The average molecular weight is 182 g/mol. The van der Waals surface area contributed by atoms with Crippen LogP contribution in [-0.4, -0.2) is 23.4 Å². The first-order valence-corrected chi connectivity index (χ1v) is 4.81. The Morgan fingerprint density at radius 2 is 1.62 bits per heavy atom. The van der Waals surface area contributed by atoms with Crippen LogP contribution in [0.3, 0.4) is 0 Å². The smallest absolute Gasteiger partial charge is 0.0638 e. The molecular weight excluding hydrogens is 164 g/mol. The predicted molar refractivity (Wildman–Crippen MR) is 53.5 cm³/mol. The molecule has 1 heterocycles. The number of hydrogen-bond acceptors (Lipinski definition) is 2. The molecule has 1 aliphatic heterocycles. The Labute approximate surface area is 79.9 Å². The molecule has 0 radical (unpaired) electrons. The van der Waals surface area contributed by atoms with Crippen molar-refractivity contribution in [3.63, 3.8) is 0 Å². The zero-order chi connectivity index (χ0) is 9.68. The maximum absolute atomic E-state index is 9.55. The van der Waals surface area contributed by atoms with E-state index < -0.39 is 0 Å². The Hall–Kier alpha value is -0.600. The van der Waals surface area contributed by atoms with Crippen LogP contribution in [0, 0.1) is 0 Å². The van der Waals surface area contributed by atoms with E-state index in [0.29, 0.717) is 0 Å². The normalized spacial score (nSPS) is 34.1. The van der Waals surface area contributed by atoms with E-state index in [9.17, 15) is 5.11 Å². The first-order chi connectivity index (χ1) is 6.26. The lowest BCUT2D eigenvalue weighted by molar-refractivity contribution is -0.0917. The van der Waals surface area contributed by atoms with Gasteiger partial charge in [0.05, 0.1) is 18.3 Å². The van der Waals surface area contributed by atoms with Crippen molar-refractivity contribution in [2.24, 2.45) is 0 Å². The number of aliphatic hydroxyl groups excluding tert-OH is 1. The van der Waals surface area contributed by atoms with Crippen molar-refractivity contribution < 1.29 is 9.84 Å². The Morgan fingerprint density at radius 3 is 2.00 bits per heavy atom. The topological polar surface area (TPSA) is 29.5 Å². The van der Waals surface area contributed by atoms with Crippen molar-refractivity contribution >= 4 is 0 Å². The highest BCUT2D eigenvalue weighted by Crippen LogP contribution is 2.23. The molecule has 2 heteroatoms. The number of aliphatic hydroxyl groups is 1. The van der Waals surface area contributed by atoms with Crippen molar-refractivity contribution in [3.8, 4) is 0 Å². The molecule has 0 saturated carbocycles. The van der Waals surface area contributed by atoms with Gasteiger partial charge in [0.1, 0.15) is 0 Å². The monoisotopic (exact) mass is 182 g/mol. The van der Waals surface area contributed by atoms with Crippen molar-refractivity contribution in [2.75, 3.05) is 0 Å². The lowest BCUT2D eigenvalue weighted by atomic mass is 9.97. The molecule has 3 atom stereocenters. The Bertz CT molecular complexity index is 159. The van der Waals surface area contributed by atoms with Gasteiger partial charge in [0.2, 0.25) is 0 Å². The fourth-order valence-electron chi connectivity index (χ4n) is 1.76. The quantitative estimate of drug-likeness (QED) is 0.674. The Morgan fingerprint density at radius 1 is 1.15 bits per heavy atom. The highest BCUT2D eigenvalue weighted by molar-refractivity contribution is 4.85. The van der Waals surface area contributed by atoms with Gasteiger partial charge in [0.15, 0.2) is 0 Å².